The summed E-state index contributed by atoms with van der Waals surface area (Å²) < 4.78 is 5.30. The lowest BCUT2D eigenvalue weighted by Crippen LogP contribution is -2.14. The van der Waals surface area contributed by atoms with Gasteiger partial charge in [0.15, 0.2) is 0 Å². The minimum atomic E-state index is -0.0664. The highest BCUT2D eigenvalue weighted by molar-refractivity contribution is 5.95. The van der Waals surface area contributed by atoms with Crippen molar-refractivity contribution < 1.29 is 9.32 Å². The van der Waals surface area contributed by atoms with E-state index in [4.69, 9.17) is 4.52 Å². The molecule has 0 spiro atoms. The highest BCUT2D eigenvalue weighted by Gasteiger charge is 2.46. The van der Waals surface area contributed by atoms with Crippen LogP contribution in [0.25, 0.3) is 11.4 Å². The van der Waals surface area contributed by atoms with E-state index >= 15 is 0 Å². The summed E-state index contributed by atoms with van der Waals surface area (Å²) >= 11 is 0. The fourth-order valence-electron chi connectivity index (χ4n) is 3.00. The Morgan fingerprint density at radius 3 is 3.04 bits per heavy atom. The summed E-state index contributed by atoms with van der Waals surface area (Å²) in [5.74, 6) is 2.51. The van der Waals surface area contributed by atoms with Gasteiger partial charge >= 0.3 is 0 Å². The number of carbonyl (C=O) groups is 1. The third-order valence-electron chi connectivity index (χ3n) is 4.67. The molecule has 2 aliphatic rings. The highest BCUT2D eigenvalue weighted by Crippen LogP contribution is 2.46. The first-order valence-electron chi connectivity index (χ1n) is 8.38. The van der Waals surface area contributed by atoms with Gasteiger partial charge in [0.25, 0.3) is 0 Å². The van der Waals surface area contributed by atoms with Gasteiger partial charge in [-0.3, -0.25) is 9.89 Å². The van der Waals surface area contributed by atoms with Crippen LogP contribution < -0.4 is 5.32 Å². The predicted octanol–water partition coefficient (Wildman–Crippen LogP) is 2.47. The standard InChI is InChI=1S/C17H16N6O2/c24-16(13-7-12(13)15-18-8-19-22-15)20-11-3-1-2-10(6-11)14-21-17(25-23-14)9-4-5-9/h1-3,6,8-9,12-13H,4-5,7H2,(H,20,24)(H,18,19,22)/t12-,13+/m0/s1. The molecule has 2 heterocycles. The summed E-state index contributed by atoms with van der Waals surface area (Å²) in [6, 6.07) is 7.50. The zero-order valence-corrected chi connectivity index (χ0v) is 13.3. The molecule has 5 rings (SSSR count). The first-order chi connectivity index (χ1) is 12.3. The molecule has 2 fully saturated rings. The third kappa shape index (κ3) is 2.79. The summed E-state index contributed by atoms with van der Waals surface area (Å²) in [7, 11) is 0. The van der Waals surface area contributed by atoms with Crippen LogP contribution in [0.1, 0.15) is 42.8 Å². The SMILES string of the molecule is O=C(Nc1cccc(-c2noc(C3CC3)n2)c1)[C@@H]1C[C@@H]1c1ncn[nH]1. The number of hydrogen-bond acceptors (Lipinski definition) is 6. The molecule has 1 aromatic carbocycles. The van der Waals surface area contributed by atoms with Gasteiger partial charge in [-0.05, 0) is 31.4 Å². The molecular formula is C17H16N6O2. The Labute approximate surface area is 143 Å². The Kier molecular flexibility index (Phi) is 3.16. The smallest absolute Gasteiger partial charge is 0.230 e. The highest BCUT2D eigenvalue weighted by atomic mass is 16.5. The molecule has 0 saturated heterocycles. The molecule has 8 nitrogen and oxygen atoms in total. The van der Waals surface area contributed by atoms with Crippen molar-refractivity contribution in [1.29, 1.82) is 0 Å². The van der Waals surface area contributed by atoms with Gasteiger partial charge in [0.1, 0.15) is 12.2 Å². The molecule has 8 heteroatoms. The molecule has 0 bridgehead atoms. The molecule has 2 atom stereocenters. The van der Waals surface area contributed by atoms with E-state index in [1.165, 1.54) is 6.33 Å². The monoisotopic (exact) mass is 336 g/mol. The molecule has 2 aromatic heterocycles. The number of anilines is 1. The lowest BCUT2D eigenvalue weighted by atomic mass is 10.2. The van der Waals surface area contributed by atoms with E-state index in [9.17, 15) is 4.79 Å². The molecule has 1 amide bonds. The molecule has 2 saturated carbocycles. The summed E-state index contributed by atoms with van der Waals surface area (Å²) in [4.78, 5) is 21.0. The lowest BCUT2D eigenvalue weighted by molar-refractivity contribution is -0.117. The van der Waals surface area contributed by atoms with Gasteiger partial charge in [-0.2, -0.15) is 10.1 Å². The van der Waals surface area contributed by atoms with Crippen LogP contribution in [-0.2, 0) is 4.79 Å². The Morgan fingerprint density at radius 2 is 2.24 bits per heavy atom. The van der Waals surface area contributed by atoms with E-state index < -0.39 is 0 Å². The summed E-state index contributed by atoms with van der Waals surface area (Å²) in [5.41, 5.74) is 1.56. The molecule has 0 unspecified atom stereocenters. The molecule has 2 N–H and O–H groups in total. The second-order valence-corrected chi connectivity index (χ2v) is 6.62. The maximum Gasteiger partial charge on any atom is 0.230 e. The normalized spacial score (nSPS) is 21.9. The maximum absolute atomic E-state index is 12.4. The number of hydrogen-bond donors (Lipinski definition) is 2. The predicted molar refractivity (Wildman–Crippen MR) is 87.6 cm³/mol. The van der Waals surface area contributed by atoms with Crippen molar-refractivity contribution >= 4 is 11.6 Å². The lowest BCUT2D eigenvalue weighted by Gasteiger charge is -2.05. The average molecular weight is 336 g/mol. The van der Waals surface area contributed by atoms with Gasteiger partial charge in [0, 0.05) is 29.0 Å². The van der Waals surface area contributed by atoms with Crippen LogP contribution in [0.5, 0.6) is 0 Å². The van der Waals surface area contributed by atoms with Gasteiger partial charge in [0.05, 0.1) is 0 Å². The van der Waals surface area contributed by atoms with E-state index in [1.807, 2.05) is 24.3 Å². The molecular weight excluding hydrogens is 320 g/mol. The Morgan fingerprint density at radius 1 is 1.32 bits per heavy atom. The summed E-state index contributed by atoms with van der Waals surface area (Å²) in [5, 5.41) is 13.7. The Bertz CT molecular complexity index is 915. The van der Waals surface area contributed by atoms with E-state index in [2.05, 4.69) is 30.6 Å². The van der Waals surface area contributed by atoms with Crippen LogP contribution in [0.3, 0.4) is 0 Å². The van der Waals surface area contributed by atoms with Crippen molar-refractivity contribution in [2.45, 2.75) is 31.1 Å². The minimum Gasteiger partial charge on any atom is -0.339 e. The zero-order valence-electron chi connectivity index (χ0n) is 13.3. The summed E-state index contributed by atoms with van der Waals surface area (Å²) in [6.07, 6.45) is 4.49. The molecule has 0 radical (unpaired) electrons. The third-order valence-corrected chi connectivity index (χ3v) is 4.67. The van der Waals surface area contributed by atoms with Crippen molar-refractivity contribution in [2.24, 2.45) is 5.92 Å². The number of carbonyl (C=O) groups excluding carboxylic acids is 1. The van der Waals surface area contributed by atoms with Crippen molar-refractivity contribution in [3.05, 3.63) is 42.3 Å². The van der Waals surface area contributed by atoms with Gasteiger partial charge in [-0.15, -0.1) is 0 Å². The first kappa shape index (κ1) is 14.3. The molecule has 3 aromatic rings. The van der Waals surface area contributed by atoms with Crippen molar-refractivity contribution in [3.63, 3.8) is 0 Å². The first-order valence-corrected chi connectivity index (χ1v) is 8.38. The van der Waals surface area contributed by atoms with Crippen LogP contribution in [0.2, 0.25) is 0 Å². The average Bonchev–Trinajstić information content (AvgIpc) is 3.53. The van der Waals surface area contributed by atoms with Crippen LogP contribution in [0.4, 0.5) is 5.69 Å². The number of aromatic nitrogens is 5. The largest absolute Gasteiger partial charge is 0.339 e. The molecule has 25 heavy (non-hydrogen) atoms. The number of amides is 1. The fourth-order valence-corrected chi connectivity index (χ4v) is 3.00. The van der Waals surface area contributed by atoms with E-state index in [0.717, 1.165) is 36.3 Å². The van der Waals surface area contributed by atoms with Crippen LogP contribution in [0, 0.1) is 5.92 Å². The molecule has 0 aliphatic heterocycles. The van der Waals surface area contributed by atoms with Crippen LogP contribution in [0.15, 0.2) is 35.1 Å². The van der Waals surface area contributed by atoms with Gasteiger partial charge in [-0.25, -0.2) is 4.98 Å². The number of nitrogens with zero attached hydrogens (tertiary/aromatic N) is 4. The summed E-state index contributed by atoms with van der Waals surface area (Å²) in [6.45, 7) is 0. The maximum atomic E-state index is 12.4. The fraction of sp³-hybridized carbons (Fsp3) is 0.353. The van der Waals surface area contributed by atoms with Crippen molar-refractivity contribution in [1.82, 2.24) is 25.3 Å². The number of rotatable bonds is 5. The number of nitrogens with one attached hydrogen (secondary N) is 2. The van der Waals surface area contributed by atoms with Crippen molar-refractivity contribution in [3.8, 4) is 11.4 Å². The van der Waals surface area contributed by atoms with E-state index in [-0.39, 0.29) is 17.7 Å². The molecule has 126 valence electrons. The topological polar surface area (TPSA) is 110 Å². The second kappa shape index (κ2) is 5.51. The quantitative estimate of drug-likeness (QED) is 0.740. The number of aromatic amines is 1. The van der Waals surface area contributed by atoms with Gasteiger partial charge < -0.3 is 9.84 Å². The van der Waals surface area contributed by atoms with Crippen LogP contribution >= 0.6 is 0 Å². The number of benzene rings is 1. The van der Waals surface area contributed by atoms with Crippen LogP contribution in [-0.4, -0.2) is 31.2 Å². The minimum absolute atomic E-state index is 0.00895. The zero-order chi connectivity index (χ0) is 16.8. The van der Waals surface area contributed by atoms with Gasteiger partial charge in [0.2, 0.25) is 17.6 Å². The van der Waals surface area contributed by atoms with Crippen molar-refractivity contribution in [2.75, 3.05) is 5.32 Å². The second-order valence-electron chi connectivity index (χ2n) is 6.62. The molecule has 2 aliphatic carbocycles. The Balaban J connectivity index is 1.29. The number of H-pyrrole nitrogens is 1. The van der Waals surface area contributed by atoms with Gasteiger partial charge in [-0.1, -0.05) is 17.3 Å². The van der Waals surface area contributed by atoms with E-state index in [0.29, 0.717) is 17.6 Å². The Hall–Kier alpha value is -3.03. The van der Waals surface area contributed by atoms with E-state index in [1.54, 1.807) is 0 Å².